The standard InChI is InChI=1S/C28H39NO5S/c1-27(2,3)22-11-8-19(9-12-22)14-21(17-33-25(31)28(4,5)6)18-34-26(35)29-16-20-10-13-23(30)24(15-20)32-7/h8-13,15,21,30H,14,16-18H2,1-7H3,(H,29,35). The number of carbonyl (C=O) groups excluding carboxylic acids is 1. The summed E-state index contributed by atoms with van der Waals surface area (Å²) in [6, 6.07) is 13.6. The molecule has 0 spiro atoms. The van der Waals surface area contributed by atoms with Gasteiger partial charge in [0.1, 0.15) is 0 Å². The number of hydrogen-bond donors (Lipinski definition) is 2. The number of rotatable bonds is 9. The lowest BCUT2D eigenvalue weighted by Crippen LogP contribution is -2.30. The fraction of sp³-hybridized carbons (Fsp3) is 0.500. The van der Waals surface area contributed by atoms with Crippen LogP contribution in [0.2, 0.25) is 0 Å². The van der Waals surface area contributed by atoms with Gasteiger partial charge in [-0.1, -0.05) is 51.1 Å². The van der Waals surface area contributed by atoms with Crippen LogP contribution >= 0.6 is 12.2 Å². The average molecular weight is 502 g/mol. The van der Waals surface area contributed by atoms with E-state index in [1.54, 1.807) is 18.2 Å². The Morgan fingerprint density at radius 1 is 0.971 bits per heavy atom. The fourth-order valence-corrected chi connectivity index (χ4v) is 3.44. The van der Waals surface area contributed by atoms with Crippen molar-refractivity contribution < 1.29 is 24.1 Å². The molecule has 2 N–H and O–H groups in total. The largest absolute Gasteiger partial charge is 0.504 e. The SMILES string of the molecule is COc1cc(CNC(=S)OCC(COC(=O)C(C)(C)C)Cc2ccc(C(C)(C)C)cc2)ccc1O. The van der Waals surface area contributed by atoms with Crippen LogP contribution in [-0.2, 0) is 32.6 Å². The Balaban J connectivity index is 1.99. The number of hydrogen-bond acceptors (Lipinski definition) is 6. The van der Waals surface area contributed by atoms with Crippen molar-refractivity contribution in [3.63, 3.8) is 0 Å². The molecule has 6 nitrogen and oxygen atoms in total. The van der Waals surface area contributed by atoms with Crippen LogP contribution < -0.4 is 10.1 Å². The van der Waals surface area contributed by atoms with Crippen molar-refractivity contribution in [3.8, 4) is 11.5 Å². The van der Waals surface area contributed by atoms with Crippen LogP contribution in [0.5, 0.6) is 11.5 Å². The summed E-state index contributed by atoms with van der Waals surface area (Å²) in [7, 11) is 1.50. The molecule has 0 radical (unpaired) electrons. The molecule has 192 valence electrons. The molecule has 1 atom stereocenters. The highest BCUT2D eigenvalue weighted by Gasteiger charge is 2.25. The van der Waals surface area contributed by atoms with E-state index in [-0.39, 0.29) is 34.8 Å². The van der Waals surface area contributed by atoms with E-state index in [2.05, 4.69) is 50.4 Å². The zero-order valence-corrected chi connectivity index (χ0v) is 22.8. The third-order valence-electron chi connectivity index (χ3n) is 5.54. The number of carbonyl (C=O) groups is 1. The molecule has 0 bridgehead atoms. The predicted octanol–water partition coefficient (Wildman–Crippen LogP) is 5.54. The van der Waals surface area contributed by atoms with Gasteiger partial charge in [0.15, 0.2) is 11.5 Å². The van der Waals surface area contributed by atoms with E-state index in [9.17, 15) is 9.90 Å². The summed E-state index contributed by atoms with van der Waals surface area (Å²) < 4.78 is 16.6. The van der Waals surface area contributed by atoms with E-state index >= 15 is 0 Å². The van der Waals surface area contributed by atoms with Gasteiger partial charge >= 0.3 is 5.97 Å². The molecular formula is C28H39NO5S. The highest BCUT2D eigenvalue weighted by Crippen LogP contribution is 2.26. The first-order valence-corrected chi connectivity index (χ1v) is 12.2. The molecule has 0 saturated heterocycles. The molecule has 0 aliphatic rings. The molecular weight excluding hydrogens is 462 g/mol. The van der Waals surface area contributed by atoms with Crippen molar-refractivity contribution >= 4 is 23.4 Å². The van der Waals surface area contributed by atoms with Crippen molar-refractivity contribution in [2.45, 2.75) is 59.9 Å². The molecule has 2 rings (SSSR count). The minimum absolute atomic E-state index is 0.0599. The van der Waals surface area contributed by atoms with Crippen molar-refractivity contribution in [3.05, 3.63) is 59.2 Å². The van der Waals surface area contributed by atoms with Gasteiger partial charge < -0.3 is 24.6 Å². The number of phenols is 1. The topological polar surface area (TPSA) is 77.0 Å². The maximum atomic E-state index is 12.3. The molecule has 0 aliphatic carbocycles. The zero-order chi connectivity index (χ0) is 26.2. The molecule has 7 heteroatoms. The minimum Gasteiger partial charge on any atom is -0.504 e. The van der Waals surface area contributed by atoms with Crippen molar-refractivity contribution in [2.24, 2.45) is 11.3 Å². The van der Waals surface area contributed by atoms with Crippen LogP contribution in [0.3, 0.4) is 0 Å². The summed E-state index contributed by atoms with van der Waals surface area (Å²) in [5, 5.41) is 13.1. The van der Waals surface area contributed by atoms with Crippen LogP contribution in [0.25, 0.3) is 0 Å². The normalized spacial score (nSPS) is 12.5. The molecule has 0 aliphatic heterocycles. The number of thiocarbonyl (C=S) groups is 1. The van der Waals surface area contributed by atoms with Crippen molar-refractivity contribution in [1.29, 1.82) is 0 Å². The molecule has 0 saturated carbocycles. The number of methoxy groups -OCH3 is 1. The Hall–Kier alpha value is -2.80. The Kier molecular flexibility index (Phi) is 9.95. The Labute approximate surface area is 215 Å². The van der Waals surface area contributed by atoms with Gasteiger partial charge in [-0.2, -0.15) is 0 Å². The summed E-state index contributed by atoms with van der Waals surface area (Å²) in [5.74, 6) is 0.176. The monoisotopic (exact) mass is 501 g/mol. The quantitative estimate of drug-likeness (QED) is 0.345. The maximum Gasteiger partial charge on any atom is 0.311 e. The number of aromatic hydroxyl groups is 1. The summed E-state index contributed by atoms with van der Waals surface area (Å²) in [6.45, 7) is 13.0. The fourth-order valence-electron chi connectivity index (χ4n) is 3.30. The number of nitrogens with one attached hydrogen (secondary N) is 1. The first kappa shape index (κ1) is 28.4. The van der Waals surface area contributed by atoms with Crippen LogP contribution in [0, 0.1) is 11.3 Å². The summed E-state index contributed by atoms with van der Waals surface area (Å²) in [6.07, 6.45) is 0.694. The maximum absolute atomic E-state index is 12.3. The lowest BCUT2D eigenvalue weighted by Gasteiger charge is -2.23. The molecule has 0 heterocycles. The molecule has 35 heavy (non-hydrogen) atoms. The molecule has 1 unspecified atom stereocenters. The zero-order valence-electron chi connectivity index (χ0n) is 21.9. The number of phenolic OH excluding ortho intramolecular Hbond substituents is 1. The molecule has 2 aromatic carbocycles. The van der Waals surface area contributed by atoms with Gasteiger partial charge in [0.05, 0.1) is 25.7 Å². The highest BCUT2D eigenvalue weighted by atomic mass is 32.1. The Bertz CT molecular complexity index is 990. The molecule has 0 fully saturated rings. The van der Waals surface area contributed by atoms with Gasteiger partial charge in [-0.05, 0) is 73.6 Å². The number of benzene rings is 2. The van der Waals surface area contributed by atoms with Gasteiger partial charge in [0.25, 0.3) is 5.17 Å². The van der Waals surface area contributed by atoms with E-state index in [1.807, 2.05) is 20.8 Å². The van der Waals surface area contributed by atoms with Gasteiger partial charge in [-0.25, -0.2) is 0 Å². The second-order valence-electron chi connectivity index (χ2n) is 10.8. The molecule has 0 amide bonds. The van der Waals surface area contributed by atoms with Crippen LogP contribution in [0.1, 0.15) is 58.2 Å². The predicted molar refractivity (Wildman–Crippen MR) is 143 cm³/mol. The number of ether oxygens (including phenoxy) is 3. The van der Waals surface area contributed by atoms with E-state index in [0.29, 0.717) is 25.3 Å². The number of esters is 1. The van der Waals surface area contributed by atoms with Crippen LogP contribution in [0.4, 0.5) is 0 Å². The van der Waals surface area contributed by atoms with Gasteiger partial charge in [-0.3, -0.25) is 4.79 Å². The average Bonchev–Trinajstić information content (AvgIpc) is 2.79. The Morgan fingerprint density at radius 3 is 2.14 bits per heavy atom. The second-order valence-corrected chi connectivity index (χ2v) is 11.2. The second kappa shape index (κ2) is 12.2. The van der Waals surface area contributed by atoms with Crippen LogP contribution in [0.15, 0.2) is 42.5 Å². The smallest absolute Gasteiger partial charge is 0.311 e. The third kappa shape index (κ3) is 9.40. The molecule has 0 aromatic heterocycles. The minimum atomic E-state index is -0.568. The van der Waals surface area contributed by atoms with Gasteiger partial charge in [-0.15, -0.1) is 0 Å². The summed E-state index contributed by atoms with van der Waals surface area (Å²) >= 11 is 5.35. The van der Waals surface area contributed by atoms with Crippen molar-refractivity contribution in [2.75, 3.05) is 20.3 Å². The van der Waals surface area contributed by atoms with Gasteiger partial charge in [0, 0.05) is 12.5 Å². The summed E-state index contributed by atoms with van der Waals surface area (Å²) in [5.41, 5.74) is 2.82. The first-order chi connectivity index (χ1) is 16.3. The third-order valence-corrected chi connectivity index (χ3v) is 5.80. The lowest BCUT2D eigenvalue weighted by molar-refractivity contribution is -0.154. The van der Waals surface area contributed by atoms with E-state index in [4.69, 9.17) is 26.4 Å². The van der Waals surface area contributed by atoms with E-state index in [0.717, 1.165) is 11.1 Å². The first-order valence-electron chi connectivity index (χ1n) is 11.8. The molecule has 2 aromatic rings. The summed E-state index contributed by atoms with van der Waals surface area (Å²) in [4.78, 5) is 12.3. The van der Waals surface area contributed by atoms with E-state index in [1.165, 1.54) is 12.7 Å². The van der Waals surface area contributed by atoms with Gasteiger partial charge in [0.2, 0.25) is 0 Å². The van der Waals surface area contributed by atoms with Crippen molar-refractivity contribution in [1.82, 2.24) is 5.32 Å². The Morgan fingerprint density at radius 2 is 1.57 bits per heavy atom. The van der Waals surface area contributed by atoms with E-state index < -0.39 is 5.41 Å². The lowest BCUT2D eigenvalue weighted by atomic mass is 9.86. The highest BCUT2D eigenvalue weighted by molar-refractivity contribution is 7.80. The van der Waals surface area contributed by atoms with Crippen LogP contribution in [-0.4, -0.2) is 36.6 Å².